The maximum atomic E-state index is 13.8. The van der Waals surface area contributed by atoms with Gasteiger partial charge in [0.05, 0.1) is 31.6 Å². The summed E-state index contributed by atoms with van der Waals surface area (Å²) in [7, 11) is 0. The lowest BCUT2D eigenvalue weighted by atomic mass is 9.95. The molecule has 206 valence electrons. The average Bonchev–Trinajstić information content (AvgIpc) is 3.74. The number of hydrogen-bond donors (Lipinski definition) is 1. The van der Waals surface area contributed by atoms with E-state index < -0.39 is 6.04 Å². The van der Waals surface area contributed by atoms with Crippen LogP contribution in [0, 0.1) is 0 Å². The van der Waals surface area contributed by atoms with Crippen molar-refractivity contribution in [2.45, 2.75) is 76.6 Å². The SMILES string of the molecule is CCOc1ccc2[nH]c(=O)c([C@@H](c3nnnn3C3CCCCC3)N(Cc3ccco3)C[C@@H]3CCCO3)cc2c1. The van der Waals surface area contributed by atoms with E-state index in [-0.39, 0.29) is 17.7 Å². The first-order chi connectivity index (χ1) is 19.2. The van der Waals surface area contributed by atoms with E-state index in [2.05, 4.69) is 25.4 Å². The summed E-state index contributed by atoms with van der Waals surface area (Å²) < 4.78 is 19.6. The number of furan rings is 1. The molecule has 0 radical (unpaired) electrons. The Bertz CT molecular complexity index is 1420. The first-order valence-corrected chi connectivity index (χ1v) is 14.1. The van der Waals surface area contributed by atoms with Gasteiger partial charge in [-0.2, -0.15) is 0 Å². The number of pyridine rings is 1. The number of aromatic nitrogens is 5. The fourth-order valence-corrected chi connectivity index (χ4v) is 6.04. The minimum absolute atomic E-state index is 0.0607. The molecule has 1 N–H and O–H groups in total. The molecule has 10 nitrogen and oxygen atoms in total. The van der Waals surface area contributed by atoms with E-state index in [4.69, 9.17) is 13.9 Å². The Hall–Kier alpha value is -3.50. The van der Waals surface area contributed by atoms with E-state index in [1.165, 1.54) is 6.42 Å². The second-order valence-corrected chi connectivity index (χ2v) is 10.6. The van der Waals surface area contributed by atoms with Crippen molar-refractivity contribution in [1.82, 2.24) is 30.1 Å². The zero-order valence-corrected chi connectivity index (χ0v) is 22.4. The third-order valence-electron chi connectivity index (χ3n) is 7.90. The van der Waals surface area contributed by atoms with E-state index in [1.54, 1.807) is 6.26 Å². The second kappa shape index (κ2) is 11.7. The minimum Gasteiger partial charge on any atom is -0.494 e. The van der Waals surface area contributed by atoms with Crippen molar-refractivity contribution in [3.8, 4) is 5.75 Å². The summed E-state index contributed by atoms with van der Waals surface area (Å²) >= 11 is 0. The Balaban J connectivity index is 1.49. The van der Waals surface area contributed by atoms with Crippen LogP contribution in [0.1, 0.15) is 81.1 Å². The highest BCUT2D eigenvalue weighted by Gasteiger charge is 2.35. The first-order valence-electron chi connectivity index (χ1n) is 14.1. The summed E-state index contributed by atoms with van der Waals surface area (Å²) in [6.07, 6.45) is 9.33. The molecule has 1 aromatic carbocycles. The van der Waals surface area contributed by atoms with Gasteiger partial charge in [-0.1, -0.05) is 19.3 Å². The molecule has 2 atom stereocenters. The Labute approximate surface area is 227 Å². The van der Waals surface area contributed by atoms with Gasteiger partial charge in [-0.25, -0.2) is 4.68 Å². The molecule has 4 aromatic rings. The third kappa shape index (κ3) is 5.62. The number of ether oxygens (including phenoxy) is 2. The Morgan fingerprint density at radius 2 is 2.05 bits per heavy atom. The predicted octanol–water partition coefficient (Wildman–Crippen LogP) is 4.78. The number of nitrogens with zero attached hydrogens (tertiary/aromatic N) is 5. The summed E-state index contributed by atoms with van der Waals surface area (Å²) in [5.74, 6) is 2.25. The highest BCUT2D eigenvalue weighted by Crippen LogP contribution is 2.35. The molecule has 1 aliphatic carbocycles. The van der Waals surface area contributed by atoms with Crippen molar-refractivity contribution in [3.05, 3.63) is 70.2 Å². The largest absolute Gasteiger partial charge is 0.494 e. The molecule has 1 saturated carbocycles. The van der Waals surface area contributed by atoms with Gasteiger partial charge in [0.2, 0.25) is 0 Å². The minimum atomic E-state index is -0.500. The van der Waals surface area contributed by atoms with Crippen LogP contribution in [0.25, 0.3) is 10.9 Å². The molecule has 0 unspecified atom stereocenters. The van der Waals surface area contributed by atoms with Crippen molar-refractivity contribution >= 4 is 10.9 Å². The Kier molecular flexibility index (Phi) is 7.74. The maximum Gasteiger partial charge on any atom is 0.253 e. The Morgan fingerprint density at radius 3 is 2.82 bits per heavy atom. The van der Waals surface area contributed by atoms with Gasteiger partial charge >= 0.3 is 0 Å². The molecule has 2 aliphatic rings. The maximum absolute atomic E-state index is 13.8. The van der Waals surface area contributed by atoms with Gasteiger partial charge in [0.25, 0.3) is 5.56 Å². The van der Waals surface area contributed by atoms with Crippen LogP contribution in [-0.4, -0.2) is 56.0 Å². The first kappa shape index (κ1) is 25.8. The summed E-state index contributed by atoms with van der Waals surface area (Å²) in [6.45, 7) is 4.39. The molecule has 6 rings (SSSR count). The highest BCUT2D eigenvalue weighted by atomic mass is 16.5. The number of fused-ring (bicyclic) bond motifs is 1. The monoisotopic (exact) mass is 532 g/mol. The van der Waals surface area contributed by atoms with E-state index in [9.17, 15) is 4.79 Å². The molecule has 3 aromatic heterocycles. The lowest BCUT2D eigenvalue weighted by Crippen LogP contribution is -2.39. The van der Waals surface area contributed by atoms with Crippen LogP contribution < -0.4 is 10.3 Å². The van der Waals surface area contributed by atoms with Crippen LogP contribution in [-0.2, 0) is 11.3 Å². The van der Waals surface area contributed by atoms with E-state index in [0.717, 1.165) is 67.5 Å². The molecule has 4 heterocycles. The molecule has 39 heavy (non-hydrogen) atoms. The zero-order valence-electron chi connectivity index (χ0n) is 22.4. The van der Waals surface area contributed by atoms with Gasteiger partial charge in [-0.05, 0) is 79.4 Å². The molecule has 1 aliphatic heterocycles. The average molecular weight is 533 g/mol. The molecule has 0 bridgehead atoms. The van der Waals surface area contributed by atoms with Gasteiger partial charge in [-0.3, -0.25) is 9.69 Å². The molecule has 0 spiro atoms. The van der Waals surface area contributed by atoms with E-state index in [0.29, 0.717) is 31.1 Å². The van der Waals surface area contributed by atoms with Gasteiger partial charge in [0, 0.05) is 29.6 Å². The smallest absolute Gasteiger partial charge is 0.253 e. The van der Waals surface area contributed by atoms with Crippen LogP contribution in [0.15, 0.2) is 51.9 Å². The summed E-state index contributed by atoms with van der Waals surface area (Å²) in [5, 5.41) is 14.1. The van der Waals surface area contributed by atoms with Crippen molar-refractivity contribution in [3.63, 3.8) is 0 Å². The fraction of sp³-hybridized carbons (Fsp3) is 0.517. The van der Waals surface area contributed by atoms with E-state index in [1.807, 2.05) is 48.0 Å². The van der Waals surface area contributed by atoms with Gasteiger partial charge in [-0.15, -0.1) is 5.10 Å². The van der Waals surface area contributed by atoms with Crippen molar-refractivity contribution in [1.29, 1.82) is 0 Å². The summed E-state index contributed by atoms with van der Waals surface area (Å²) in [6, 6.07) is 11.3. The highest BCUT2D eigenvalue weighted by molar-refractivity contribution is 5.80. The predicted molar refractivity (Wildman–Crippen MR) is 146 cm³/mol. The number of rotatable bonds is 10. The number of benzene rings is 1. The molecule has 1 saturated heterocycles. The quantitative estimate of drug-likeness (QED) is 0.311. The van der Waals surface area contributed by atoms with Crippen molar-refractivity contribution in [2.75, 3.05) is 19.8 Å². The second-order valence-electron chi connectivity index (χ2n) is 10.6. The number of hydrogen-bond acceptors (Lipinski definition) is 8. The van der Waals surface area contributed by atoms with Crippen molar-refractivity contribution < 1.29 is 13.9 Å². The number of aromatic amines is 1. The lowest BCUT2D eigenvalue weighted by molar-refractivity contribution is 0.0539. The molecular formula is C29H36N6O4. The lowest BCUT2D eigenvalue weighted by Gasteiger charge is -2.33. The van der Waals surface area contributed by atoms with Crippen LogP contribution in [0.3, 0.4) is 0 Å². The number of nitrogens with one attached hydrogen (secondary N) is 1. The summed E-state index contributed by atoms with van der Waals surface area (Å²) in [4.78, 5) is 19.1. The molecule has 10 heteroatoms. The summed E-state index contributed by atoms with van der Waals surface area (Å²) in [5.41, 5.74) is 1.19. The van der Waals surface area contributed by atoms with Gasteiger partial charge < -0.3 is 18.9 Å². The number of H-pyrrole nitrogens is 1. The topological polar surface area (TPSA) is 111 Å². The number of tetrazole rings is 1. The zero-order chi connectivity index (χ0) is 26.6. The molecule has 0 amide bonds. The van der Waals surface area contributed by atoms with Crippen LogP contribution in [0.4, 0.5) is 0 Å². The van der Waals surface area contributed by atoms with Gasteiger partial charge in [0.15, 0.2) is 5.82 Å². The van der Waals surface area contributed by atoms with Crippen LogP contribution >= 0.6 is 0 Å². The molecule has 2 fully saturated rings. The third-order valence-corrected chi connectivity index (χ3v) is 7.90. The van der Waals surface area contributed by atoms with E-state index >= 15 is 0 Å². The Morgan fingerprint density at radius 1 is 1.15 bits per heavy atom. The fourth-order valence-electron chi connectivity index (χ4n) is 6.04. The molecular weight excluding hydrogens is 496 g/mol. The normalized spacial score (nSPS) is 19.2. The van der Waals surface area contributed by atoms with Crippen LogP contribution in [0.2, 0.25) is 0 Å². The van der Waals surface area contributed by atoms with Gasteiger partial charge in [0.1, 0.15) is 17.6 Å². The van der Waals surface area contributed by atoms with Crippen molar-refractivity contribution in [2.24, 2.45) is 0 Å². The van der Waals surface area contributed by atoms with Crippen LogP contribution in [0.5, 0.6) is 5.75 Å². The standard InChI is InChI=1S/C29H36N6O4/c1-2-37-22-12-13-26-20(16-22)17-25(29(36)30-26)27(28-31-32-33-35(28)21-8-4-3-5-9-21)34(18-23-10-6-14-38-23)19-24-11-7-15-39-24/h6,10,12-14,16-17,21,24,27H,2-5,7-9,11,15,18-19H2,1H3,(H,30,36)/t24-,27-/m0/s1.